The van der Waals surface area contributed by atoms with Crippen LogP contribution in [-0.4, -0.2) is 13.0 Å². The molecule has 6 heteroatoms. The number of anilines is 1. The van der Waals surface area contributed by atoms with Gasteiger partial charge >= 0.3 is 0 Å². The first-order chi connectivity index (χ1) is 9.93. The van der Waals surface area contributed by atoms with E-state index >= 15 is 0 Å². The molecule has 0 atom stereocenters. The smallest absolute Gasteiger partial charge is 0.256 e. The van der Waals surface area contributed by atoms with E-state index in [1.165, 1.54) is 7.11 Å². The number of rotatable bonds is 3. The van der Waals surface area contributed by atoms with E-state index < -0.39 is 0 Å². The molecule has 2 aromatic carbocycles. The highest BCUT2D eigenvalue weighted by Gasteiger charge is 2.15. The van der Waals surface area contributed by atoms with Gasteiger partial charge in [0.25, 0.3) is 5.91 Å². The maximum atomic E-state index is 12.4. The molecule has 1 amide bonds. The van der Waals surface area contributed by atoms with Crippen LogP contribution in [0.4, 0.5) is 5.69 Å². The Kier molecular flexibility index (Phi) is 5.30. The fourth-order valence-corrected chi connectivity index (χ4v) is 3.24. The first-order valence-corrected chi connectivity index (χ1v) is 8.00. The minimum absolute atomic E-state index is 0.221. The van der Waals surface area contributed by atoms with Crippen LogP contribution in [0.25, 0.3) is 0 Å². The number of amides is 1. The molecule has 110 valence electrons. The Bertz CT molecular complexity index is 704. The van der Waals surface area contributed by atoms with Gasteiger partial charge in [0.05, 0.1) is 17.3 Å². The molecular weight excluding hydrogens is 421 g/mol. The van der Waals surface area contributed by atoms with E-state index in [-0.39, 0.29) is 5.91 Å². The van der Waals surface area contributed by atoms with Gasteiger partial charge in [0.1, 0.15) is 0 Å². The first kappa shape index (κ1) is 16.3. The van der Waals surface area contributed by atoms with Crippen LogP contribution in [0.2, 0.25) is 5.02 Å². The second kappa shape index (κ2) is 6.81. The van der Waals surface area contributed by atoms with Crippen molar-refractivity contribution in [3.63, 3.8) is 0 Å². The van der Waals surface area contributed by atoms with Gasteiger partial charge in [-0.1, -0.05) is 33.6 Å². The fourth-order valence-electron chi connectivity index (χ4n) is 1.90. The van der Waals surface area contributed by atoms with Crippen LogP contribution in [0.3, 0.4) is 0 Å². The number of halogens is 3. The van der Waals surface area contributed by atoms with Crippen molar-refractivity contribution < 1.29 is 9.53 Å². The lowest BCUT2D eigenvalue weighted by Gasteiger charge is -2.13. The third-order valence-corrected chi connectivity index (χ3v) is 4.64. The zero-order chi connectivity index (χ0) is 15.6. The molecule has 0 aromatic heterocycles. The van der Waals surface area contributed by atoms with Gasteiger partial charge in [-0.3, -0.25) is 4.79 Å². The molecule has 0 fully saturated rings. The van der Waals surface area contributed by atoms with E-state index in [0.29, 0.717) is 26.5 Å². The van der Waals surface area contributed by atoms with Crippen LogP contribution in [0.15, 0.2) is 39.3 Å². The molecule has 0 radical (unpaired) electrons. The second-order valence-electron chi connectivity index (χ2n) is 4.33. The Balaban J connectivity index is 2.38. The maximum absolute atomic E-state index is 12.4. The van der Waals surface area contributed by atoms with E-state index in [1.54, 1.807) is 18.2 Å². The molecule has 0 spiro atoms. The zero-order valence-corrected chi connectivity index (χ0v) is 15.3. The van der Waals surface area contributed by atoms with Gasteiger partial charge in [0.2, 0.25) is 0 Å². The normalized spacial score (nSPS) is 10.3. The Morgan fingerprint density at radius 1 is 1.24 bits per heavy atom. The van der Waals surface area contributed by atoms with Crippen molar-refractivity contribution in [3.8, 4) is 5.75 Å². The standard InChI is InChI=1S/C15H12Br2ClNO2/c1-8-10(4-3-5-11(8)16)15(20)19-13-7-9(18)6-12(17)14(13)21-2/h3-7H,1-2H3,(H,19,20). The summed E-state index contributed by atoms with van der Waals surface area (Å²) in [6.45, 7) is 1.88. The molecule has 0 aliphatic carbocycles. The molecule has 0 unspecified atom stereocenters. The largest absolute Gasteiger partial charge is 0.493 e. The van der Waals surface area contributed by atoms with E-state index in [4.69, 9.17) is 16.3 Å². The second-order valence-corrected chi connectivity index (χ2v) is 6.48. The van der Waals surface area contributed by atoms with Crippen molar-refractivity contribution in [2.75, 3.05) is 12.4 Å². The lowest BCUT2D eigenvalue weighted by molar-refractivity contribution is 0.102. The average molecular weight is 434 g/mol. The van der Waals surface area contributed by atoms with Crippen LogP contribution in [0.5, 0.6) is 5.75 Å². The minimum Gasteiger partial charge on any atom is -0.493 e. The molecule has 0 heterocycles. The van der Waals surface area contributed by atoms with Crippen molar-refractivity contribution >= 4 is 55.1 Å². The molecule has 1 N–H and O–H groups in total. The number of hydrogen-bond acceptors (Lipinski definition) is 2. The average Bonchev–Trinajstić information content (AvgIpc) is 2.41. The van der Waals surface area contributed by atoms with Gasteiger partial charge < -0.3 is 10.1 Å². The SMILES string of the molecule is COc1c(Br)cc(Cl)cc1NC(=O)c1cccc(Br)c1C. The molecule has 0 saturated carbocycles. The summed E-state index contributed by atoms with van der Waals surface area (Å²) in [6, 6.07) is 8.83. The summed E-state index contributed by atoms with van der Waals surface area (Å²) in [5.41, 5.74) is 1.97. The molecule has 0 saturated heterocycles. The molecule has 2 rings (SSSR count). The van der Waals surface area contributed by atoms with E-state index in [1.807, 2.05) is 19.1 Å². The minimum atomic E-state index is -0.221. The summed E-state index contributed by atoms with van der Waals surface area (Å²) in [6.07, 6.45) is 0. The molecule has 0 bridgehead atoms. The predicted octanol–water partition coefficient (Wildman–Crippen LogP) is 5.43. The van der Waals surface area contributed by atoms with Crippen molar-refractivity contribution in [1.29, 1.82) is 0 Å². The van der Waals surface area contributed by atoms with E-state index in [0.717, 1.165) is 10.0 Å². The molecule has 3 nitrogen and oxygen atoms in total. The van der Waals surface area contributed by atoms with Gasteiger partial charge in [-0.2, -0.15) is 0 Å². The maximum Gasteiger partial charge on any atom is 0.256 e. The molecule has 2 aromatic rings. The fraction of sp³-hybridized carbons (Fsp3) is 0.133. The third kappa shape index (κ3) is 3.59. The summed E-state index contributed by atoms with van der Waals surface area (Å²) < 4.78 is 6.86. The van der Waals surface area contributed by atoms with Crippen molar-refractivity contribution in [1.82, 2.24) is 0 Å². The van der Waals surface area contributed by atoms with Gasteiger partial charge in [0, 0.05) is 15.1 Å². The molecule has 0 aliphatic heterocycles. The summed E-state index contributed by atoms with van der Waals surface area (Å²) >= 11 is 12.8. The monoisotopic (exact) mass is 431 g/mol. The molecular formula is C15H12Br2ClNO2. The highest BCUT2D eigenvalue weighted by atomic mass is 79.9. The van der Waals surface area contributed by atoms with Crippen LogP contribution in [0, 0.1) is 6.92 Å². The first-order valence-electron chi connectivity index (χ1n) is 6.03. The van der Waals surface area contributed by atoms with Crippen LogP contribution in [0.1, 0.15) is 15.9 Å². The van der Waals surface area contributed by atoms with E-state index in [2.05, 4.69) is 37.2 Å². The number of carbonyl (C=O) groups is 1. The topological polar surface area (TPSA) is 38.3 Å². The Labute approximate surface area is 144 Å². The Hall–Kier alpha value is -1.04. The van der Waals surface area contributed by atoms with Gasteiger partial charge in [-0.25, -0.2) is 0 Å². The Morgan fingerprint density at radius 2 is 1.95 bits per heavy atom. The quantitative estimate of drug-likeness (QED) is 0.701. The van der Waals surface area contributed by atoms with E-state index in [9.17, 15) is 4.79 Å². The number of methoxy groups -OCH3 is 1. The van der Waals surface area contributed by atoms with Crippen molar-refractivity contribution in [2.45, 2.75) is 6.92 Å². The third-order valence-electron chi connectivity index (χ3n) is 2.97. The lowest BCUT2D eigenvalue weighted by Crippen LogP contribution is -2.14. The summed E-state index contributed by atoms with van der Waals surface area (Å²) in [5.74, 6) is 0.307. The highest BCUT2D eigenvalue weighted by molar-refractivity contribution is 9.10. The lowest BCUT2D eigenvalue weighted by atomic mass is 10.1. The van der Waals surface area contributed by atoms with Crippen LogP contribution >= 0.6 is 43.5 Å². The van der Waals surface area contributed by atoms with Crippen molar-refractivity contribution in [2.24, 2.45) is 0 Å². The Morgan fingerprint density at radius 3 is 2.62 bits per heavy atom. The van der Waals surface area contributed by atoms with Gasteiger partial charge in [0.15, 0.2) is 5.75 Å². The highest BCUT2D eigenvalue weighted by Crippen LogP contribution is 2.36. The summed E-state index contributed by atoms with van der Waals surface area (Å²) in [7, 11) is 1.54. The predicted molar refractivity (Wildman–Crippen MR) is 92.5 cm³/mol. The van der Waals surface area contributed by atoms with Crippen LogP contribution in [-0.2, 0) is 0 Å². The van der Waals surface area contributed by atoms with Crippen LogP contribution < -0.4 is 10.1 Å². The summed E-state index contributed by atoms with van der Waals surface area (Å²) in [4.78, 5) is 12.4. The molecule has 21 heavy (non-hydrogen) atoms. The van der Waals surface area contributed by atoms with Gasteiger partial charge in [-0.15, -0.1) is 0 Å². The summed E-state index contributed by atoms with van der Waals surface area (Å²) in [5, 5.41) is 3.33. The molecule has 0 aliphatic rings. The number of hydrogen-bond donors (Lipinski definition) is 1. The number of carbonyl (C=O) groups excluding carboxylic acids is 1. The zero-order valence-electron chi connectivity index (χ0n) is 11.3. The number of ether oxygens (including phenoxy) is 1. The number of nitrogens with one attached hydrogen (secondary N) is 1. The van der Waals surface area contributed by atoms with Gasteiger partial charge in [-0.05, 0) is 52.7 Å². The number of benzene rings is 2. The van der Waals surface area contributed by atoms with Crippen molar-refractivity contribution in [3.05, 3.63) is 55.4 Å².